The molecule has 108 valence electrons. The number of amides is 1. The highest BCUT2D eigenvalue weighted by Crippen LogP contribution is 2.17. The number of aliphatic imine (C=N–C) groups is 1. The summed E-state index contributed by atoms with van der Waals surface area (Å²) < 4.78 is 0. The molecule has 4 nitrogen and oxygen atoms in total. The molecule has 21 heavy (non-hydrogen) atoms. The van der Waals surface area contributed by atoms with Gasteiger partial charge in [0.1, 0.15) is 5.84 Å². The number of nitrogens with two attached hydrogens (primary N) is 1. The molecule has 6 heteroatoms. The Labute approximate surface area is 132 Å². The first kappa shape index (κ1) is 15.4. The molecule has 1 amide bonds. The summed E-state index contributed by atoms with van der Waals surface area (Å²) in [5, 5.41) is 3.33. The van der Waals surface area contributed by atoms with E-state index in [-0.39, 0.29) is 11.8 Å². The Bertz CT molecular complexity index is 669. The number of carbonyl (C=O) groups excluding carboxylic acids is 1. The highest BCUT2D eigenvalue weighted by Gasteiger charge is 2.06. The lowest BCUT2D eigenvalue weighted by molar-refractivity contribution is 0.102. The number of amidine groups is 1. The lowest BCUT2D eigenvalue weighted by Crippen LogP contribution is -2.12. The van der Waals surface area contributed by atoms with E-state index < -0.39 is 0 Å². The lowest BCUT2D eigenvalue weighted by atomic mass is 10.2. The smallest absolute Gasteiger partial charge is 0.255 e. The van der Waals surface area contributed by atoms with Crippen LogP contribution in [0.1, 0.15) is 10.4 Å². The Kier molecular flexibility index (Phi) is 5.20. The second kappa shape index (κ2) is 7.11. The van der Waals surface area contributed by atoms with Crippen molar-refractivity contribution in [2.75, 3.05) is 11.2 Å². The van der Waals surface area contributed by atoms with Crippen molar-refractivity contribution in [1.29, 1.82) is 0 Å². The molecule has 0 atom stereocenters. The Hall–Kier alpha value is -2.04. The predicted octanol–water partition coefficient (Wildman–Crippen LogP) is 3.82. The van der Waals surface area contributed by atoms with Gasteiger partial charge in [-0.15, -0.1) is 11.6 Å². The third kappa shape index (κ3) is 4.48. The number of halogens is 2. The molecule has 0 heterocycles. The molecule has 2 aromatic carbocycles. The van der Waals surface area contributed by atoms with E-state index in [9.17, 15) is 4.79 Å². The van der Waals surface area contributed by atoms with Gasteiger partial charge >= 0.3 is 0 Å². The van der Waals surface area contributed by atoms with Gasteiger partial charge in [0.15, 0.2) is 0 Å². The minimum absolute atomic E-state index is 0.164. The summed E-state index contributed by atoms with van der Waals surface area (Å²) in [4.78, 5) is 16.2. The van der Waals surface area contributed by atoms with Crippen molar-refractivity contribution in [2.45, 2.75) is 0 Å². The highest BCUT2D eigenvalue weighted by molar-refractivity contribution is 6.31. The van der Waals surface area contributed by atoms with Crippen molar-refractivity contribution in [3.05, 3.63) is 59.1 Å². The van der Waals surface area contributed by atoms with E-state index in [0.717, 1.165) is 0 Å². The third-order valence-electron chi connectivity index (χ3n) is 2.62. The van der Waals surface area contributed by atoms with Crippen LogP contribution in [-0.4, -0.2) is 17.6 Å². The third-order valence-corrected chi connectivity index (χ3v) is 3.13. The number of alkyl halides is 1. The maximum absolute atomic E-state index is 12.1. The van der Waals surface area contributed by atoms with Crippen molar-refractivity contribution >= 4 is 46.3 Å². The first-order valence-corrected chi connectivity index (χ1v) is 7.06. The Morgan fingerprint density at radius 2 is 1.90 bits per heavy atom. The van der Waals surface area contributed by atoms with Crippen LogP contribution in [-0.2, 0) is 0 Å². The van der Waals surface area contributed by atoms with Crippen LogP contribution < -0.4 is 11.1 Å². The van der Waals surface area contributed by atoms with E-state index in [1.54, 1.807) is 48.5 Å². The van der Waals surface area contributed by atoms with E-state index in [4.69, 9.17) is 28.9 Å². The van der Waals surface area contributed by atoms with Crippen LogP contribution in [0.2, 0.25) is 5.02 Å². The predicted molar refractivity (Wildman–Crippen MR) is 87.8 cm³/mol. The van der Waals surface area contributed by atoms with Crippen LogP contribution in [0.3, 0.4) is 0 Å². The fourth-order valence-electron chi connectivity index (χ4n) is 1.65. The quantitative estimate of drug-likeness (QED) is 0.510. The maximum atomic E-state index is 12.1. The Morgan fingerprint density at radius 1 is 1.19 bits per heavy atom. The van der Waals surface area contributed by atoms with Crippen molar-refractivity contribution in [3.63, 3.8) is 0 Å². The van der Waals surface area contributed by atoms with Gasteiger partial charge in [0, 0.05) is 16.3 Å². The van der Waals surface area contributed by atoms with Gasteiger partial charge in [-0.2, -0.15) is 0 Å². The molecule has 0 aliphatic carbocycles. The van der Waals surface area contributed by atoms with Crippen LogP contribution in [0.5, 0.6) is 0 Å². The molecular weight excluding hydrogens is 309 g/mol. The zero-order chi connectivity index (χ0) is 15.2. The van der Waals surface area contributed by atoms with Gasteiger partial charge in [-0.05, 0) is 42.5 Å². The fourth-order valence-corrected chi connectivity index (χ4v) is 1.90. The normalized spacial score (nSPS) is 11.2. The Morgan fingerprint density at radius 3 is 2.52 bits per heavy atom. The number of benzene rings is 2. The summed E-state index contributed by atoms with van der Waals surface area (Å²) >= 11 is 11.4. The molecule has 3 N–H and O–H groups in total. The summed E-state index contributed by atoms with van der Waals surface area (Å²) in [6, 6.07) is 13.7. The standard InChI is InChI=1S/C15H13Cl2N3O/c16-9-14(18)19-12-6-4-10(5-7-12)15(21)20-13-3-1-2-11(17)8-13/h1-8H,9H2,(H2,18,19)(H,20,21). The van der Waals surface area contributed by atoms with Gasteiger partial charge in [-0.1, -0.05) is 17.7 Å². The molecule has 0 unspecified atom stereocenters. The number of carbonyl (C=O) groups is 1. The minimum atomic E-state index is -0.224. The maximum Gasteiger partial charge on any atom is 0.255 e. The molecule has 0 fully saturated rings. The molecule has 0 bridgehead atoms. The highest BCUT2D eigenvalue weighted by atomic mass is 35.5. The molecule has 0 saturated carbocycles. The second-order valence-corrected chi connectivity index (χ2v) is 4.95. The molecule has 0 saturated heterocycles. The molecule has 0 aliphatic heterocycles. The number of nitrogens with one attached hydrogen (secondary N) is 1. The van der Waals surface area contributed by atoms with Crippen LogP contribution in [0.4, 0.5) is 11.4 Å². The van der Waals surface area contributed by atoms with Gasteiger partial charge in [-0.3, -0.25) is 4.79 Å². The van der Waals surface area contributed by atoms with Gasteiger partial charge in [0.05, 0.1) is 11.6 Å². The minimum Gasteiger partial charge on any atom is -0.386 e. The summed E-state index contributed by atoms with van der Waals surface area (Å²) in [6.07, 6.45) is 0. The average molecular weight is 322 g/mol. The largest absolute Gasteiger partial charge is 0.386 e. The summed E-state index contributed by atoms with van der Waals surface area (Å²) in [5.41, 5.74) is 7.34. The van der Waals surface area contributed by atoms with E-state index in [0.29, 0.717) is 27.8 Å². The Balaban J connectivity index is 2.10. The molecule has 2 aromatic rings. The summed E-state index contributed by atoms with van der Waals surface area (Å²) in [7, 11) is 0. The molecule has 0 aromatic heterocycles. The summed E-state index contributed by atoms with van der Waals surface area (Å²) in [6.45, 7) is 0. The topological polar surface area (TPSA) is 67.5 Å². The summed E-state index contributed by atoms with van der Waals surface area (Å²) in [5.74, 6) is 0.266. The molecule has 0 aliphatic rings. The SMILES string of the molecule is NC(CCl)=Nc1ccc(C(=O)Nc2cccc(Cl)c2)cc1. The van der Waals surface area contributed by atoms with Crippen molar-refractivity contribution in [2.24, 2.45) is 10.7 Å². The number of hydrogen-bond donors (Lipinski definition) is 2. The van der Waals surface area contributed by atoms with Crippen LogP contribution in [0, 0.1) is 0 Å². The fraction of sp³-hybridized carbons (Fsp3) is 0.0667. The van der Waals surface area contributed by atoms with Gasteiger partial charge in [0.2, 0.25) is 0 Å². The molecular formula is C15H13Cl2N3O. The van der Waals surface area contributed by atoms with E-state index >= 15 is 0 Å². The van der Waals surface area contributed by atoms with Crippen LogP contribution >= 0.6 is 23.2 Å². The molecule has 0 radical (unpaired) electrons. The zero-order valence-electron chi connectivity index (χ0n) is 11.0. The van der Waals surface area contributed by atoms with Crippen LogP contribution in [0.15, 0.2) is 53.5 Å². The first-order valence-electron chi connectivity index (χ1n) is 6.14. The van der Waals surface area contributed by atoms with Crippen molar-refractivity contribution < 1.29 is 4.79 Å². The van der Waals surface area contributed by atoms with Gasteiger partial charge < -0.3 is 11.1 Å². The molecule has 2 rings (SSSR count). The number of anilines is 1. The average Bonchev–Trinajstić information content (AvgIpc) is 2.47. The van der Waals surface area contributed by atoms with Crippen LogP contribution in [0.25, 0.3) is 0 Å². The number of rotatable bonds is 4. The van der Waals surface area contributed by atoms with E-state index in [1.165, 1.54) is 0 Å². The molecule has 0 spiro atoms. The van der Waals surface area contributed by atoms with Gasteiger partial charge in [0.25, 0.3) is 5.91 Å². The van der Waals surface area contributed by atoms with E-state index in [1.807, 2.05) is 0 Å². The van der Waals surface area contributed by atoms with Crippen molar-refractivity contribution in [3.8, 4) is 0 Å². The zero-order valence-corrected chi connectivity index (χ0v) is 12.5. The van der Waals surface area contributed by atoms with Crippen molar-refractivity contribution in [1.82, 2.24) is 0 Å². The first-order chi connectivity index (χ1) is 10.1. The van der Waals surface area contributed by atoms with E-state index in [2.05, 4.69) is 10.3 Å². The number of nitrogens with zero attached hydrogens (tertiary/aromatic N) is 1. The second-order valence-electron chi connectivity index (χ2n) is 4.25. The number of hydrogen-bond acceptors (Lipinski definition) is 2. The van der Waals surface area contributed by atoms with Gasteiger partial charge in [-0.25, -0.2) is 4.99 Å². The lowest BCUT2D eigenvalue weighted by Gasteiger charge is -2.06. The monoisotopic (exact) mass is 321 g/mol.